The van der Waals surface area contributed by atoms with Gasteiger partial charge >= 0.3 is 0 Å². The molecule has 15 heavy (non-hydrogen) atoms. The van der Waals surface area contributed by atoms with Crippen LogP contribution >= 0.6 is 0 Å². The summed E-state index contributed by atoms with van der Waals surface area (Å²) in [5.74, 6) is 0. The minimum atomic E-state index is 0.902. The van der Waals surface area contributed by atoms with Crippen molar-refractivity contribution in [3.8, 4) is 0 Å². The summed E-state index contributed by atoms with van der Waals surface area (Å²) in [4.78, 5) is 0. The third kappa shape index (κ3) is 1.23. The van der Waals surface area contributed by atoms with Crippen molar-refractivity contribution in [2.45, 2.75) is 12.8 Å². The second kappa shape index (κ2) is 3.13. The van der Waals surface area contributed by atoms with E-state index in [1.165, 1.54) is 21.9 Å². The van der Waals surface area contributed by atoms with Gasteiger partial charge in [0.05, 0.1) is 0 Å². The molecule has 0 fully saturated rings. The predicted molar refractivity (Wildman–Crippen MR) is 65.7 cm³/mol. The number of benzene rings is 2. The van der Waals surface area contributed by atoms with Crippen LogP contribution in [0.2, 0.25) is 0 Å². The van der Waals surface area contributed by atoms with Gasteiger partial charge in [-0.3, -0.25) is 0 Å². The van der Waals surface area contributed by atoms with Gasteiger partial charge in [0.15, 0.2) is 0 Å². The molecule has 0 aromatic heterocycles. The molecule has 0 radical (unpaired) electrons. The van der Waals surface area contributed by atoms with E-state index >= 15 is 0 Å². The minimum absolute atomic E-state index is 0.902. The highest BCUT2D eigenvalue weighted by molar-refractivity contribution is 5.93. The lowest BCUT2D eigenvalue weighted by atomic mass is 9.91. The van der Waals surface area contributed by atoms with Gasteiger partial charge in [-0.15, -0.1) is 0 Å². The van der Waals surface area contributed by atoms with Crippen LogP contribution in [0.3, 0.4) is 0 Å². The van der Waals surface area contributed by atoms with Crippen molar-refractivity contribution in [2.75, 3.05) is 5.73 Å². The first kappa shape index (κ1) is 8.54. The lowest BCUT2D eigenvalue weighted by Gasteiger charge is -2.15. The van der Waals surface area contributed by atoms with E-state index in [-0.39, 0.29) is 0 Å². The maximum Gasteiger partial charge on any atom is 0.0396 e. The van der Waals surface area contributed by atoms with Crippen LogP contribution in [0.25, 0.3) is 16.8 Å². The molecule has 0 atom stereocenters. The van der Waals surface area contributed by atoms with Crippen molar-refractivity contribution in [1.82, 2.24) is 0 Å². The Bertz CT molecular complexity index is 553. The topological polar surface area (TPSA) is 26.0 Å². The van der Waals surface area contributed by atoms with Crippen molar-refractivity contribution in [2.24, 2.45) is 0 Å². The minimum Gasteiger partial charge on any atom is -0.398 e. The number of nitrogen functional groups attached to an aromatic ring is 1. The molecule has 2 aromatic rings. The number of nitrogens with two attached hydrogens (primary N) is 1. The summed E-state index contributed by atoms with van der Waals surface area (Å²) in [7, 11) is 0. The second-order valence-electron chi connectivity index (χ2n) is 4.02. The molecule has 1 nitrogen and oxygen atoms in total. The van der Waals surface area contributed by atoms with Gasteiger partial charge in [-0.2, -0.15) is 0 Å². The molecule has 1 heteroatoms. The third-order valence-corrected chi connectivity index (χ3v) is 3.08. The largest absolute Gasteiger partial charge is 0.398 e. The van der Waals surface area contributed by atoms with Crippen molar-refractivity contribution in [3.05, 3.63) is 47.5 Å². The third-order valence-electron chi connectivity index (χ3n) is 3.08. The number of allylic oxidation sites excluding steroid dienone is 1. The van der Waals surface area contributed by atoms with Crippen LogP contribution in [-0.4, -0.2) is 0 Å². The number of hydrogen-bond acceptors (Lipinski definition) is 1. The smallest absolute Gasteiger partial charge is 0.0396 e. The number of rotatable bonds is 0. The van der Waals surface area contributed by atoms with Gasteiger partial charge in [-0.1, -0.05) is 36.4 Å². The Morgan fingerprint density at radius 2 is 2.00 bits per heavy atom. The molecular weight excluding hydrogens is 182 g/mol. The Balaban J connectivity index is 2.45. The molecule has 1 aliphatic carbocycles. The quantitative estimate of drug-likeness (QED) is 0.641. The van der Waals surface area contributed by atoms with Crippen LogP contribution < -0.4 is 5.73 Å². The van der Waals surface area contributed by atoms with Crippen molar-refractivity contribution in [3.63, 3.8) is 0 Å². The summed E-state index contributed by atoms with van der Waals surface area (Å²) < 4.78 is 0. The molecule has 0 spiro atoms. The van der Waals surface area contributed by atoms with Crippen molar-refractivity contribution in [1.29, 1.82) is 0 Å². The van der Waals surface area contributed by atoms with Crippen LogP contribution in [0.5, 0.6) is 0 Å². The molecule has 0 saturated carbocycles. The lowest BCUT2D eigenvalue weighted by Crippen LogP contribution is -2.00. The van der Waals surface area contributed by atoms with Crippen LogP contribution in [0, 0.1) is 0 Å². The van der Waals surface area contributed by atoms with E-state index in [1.807, 2.05) is 0 Å². The first-order chi connectivity index (χ1) is 7.36. The molecule has 3 rings (SSSR count). The van der Waals surface area contributed by atoms with Gasteiger partial charge < -0.3 is 5.73 Å². The van der Waals surface area contributed by atoms with Gasteiger partial charge in [0.2, 0.25) is 0 Å². The van der Waals surface area contributed by atoms with Crippen LogP contribution in [0.4, 0.5) is 5.69 Å². The summed E-state index contributed by atoms with van der Waals surface area (Å²) in [6.07, 6.45) is 6.59. The molecule has 2 aromatic carbocycles. The maximum absolute atomic E-state index is 6.06. The average molecular weight is 195 g/mol. The van der Waals surface area contributed by atoms with E-state index in [0.717, 1.165) is 18.5 Å². The Hall–Kier alpha value is -1.76. The van der Waals surface area contributed by atoms with Crippen LogP contribution in [0.1, 0.15) is 17.5 Å². The van der Waals surface area contributed by atoms with E-state index < -0.39 is 0 Å². The van der Waals surface area contributed by atoms with E-state index in [2.05, 4.69) is 42.5 Å². The Labute approximate surface area is 89.2 Å². The Morgan fingerprint density at radius 3 is 2.93 bits per heavy atom. The highest BCUT2D eigenvalue weighted by Gasteiger charge is 2.11. The fourth-order valence-electron chi connectivity index (χ4n) is 2.36. The monoisotopic (exact) mass is 195 g/mol. The van der Waals surface area contributed by atoms with E-state index in [0.29, 0.717) is 0 Å². The number of fused-ring (bicyclic) bond motifs is 3. The Kier molecular flexibility index (Phi) is 1.78. The molecular formula is C14H13N. The van der Waals surface area contributed by atoms with E-state index in [1.54, 1.807) is 0 Å². The zero-order chi connectivity index (χ0) is 10.3. The SMILES string of the molecule is Nc1cc2ccccc2c2c1C=CCC2. The highest BCUT2D eigenvalue weighted by atomic mass is 14.6. The molecule has 0 saturated heterocycles. The summed E-state index contributed by atoms with van der Waals surface area (Å²) in [6.45, 7) is 0. The summed E-state index contributed by atoms with van der Waals surface area (Å²) in [5.41, 5.74) is 9.59. The lowest BCUT2D eigenvalue weighted by molar-refractivity contribution is 0.998. The van der Waals surface area contributed by atoms with Crippen LogP contribution in [0.15, 0.2) is 36.4 Å². The molecule has 0 heterocycles. The van der Waals surface area contributed by atoms with Crippen LogP contribution in [-0.2, 0) is 6.42 Å². The van der Waals surface area contributed by atoms with Gasteiger partial charge in [0, 0.05) is 11.3 Å². The van der Waals surface area contributed by atoms with E-state index in [4.69, 9.17) is 5.73 Å². The zero-order valence-electron chi connectivity index (χ0n) is 8.53. The van der Waals surface area contributed by atoms with Gasteiger partial charge in [-0.05, 0) is 35.2 Å². The molecule has 2 N–H and O–H groups in total. The molecule has 0 aliphatic heterocycles. The second-order valence-corrected chi connectivity index (χ2v) is 4.02. The fourth-order valence-corrected chi connectivity index (χ4v) is 2.36. The van der Waals surface area contributed by atoms with Gasteiger partial charge in [0.1, 0.15) is 0 Å². The first-order valence-corrected chi connectivity index (χ1v) is 5.33. The number of anilines is 1. The molecule has 74 valence electrons. The standard InChI is InChI=1S/C14H13N/c15-14-9-10-5-1-2-6-11(10)12-7-3-4-8-13(12)14/h1-2,4-6,8-9H,3,7,15H2. The van der Waals surface area contributed by atoms with Gasteiger partial charge in [-0.25, -0.2) is 0 Å². The summed E-state index contributed by atoms with van der Waals surface area (Å²) in [6, 6.07) is 10.5. The summed E-state index contributed by atoms with van der Waals surface area (Å²) in [5, 5.41) is 2.61. The van der Waals surface area contributed by atoms with E-state index in [9.17, 15) is 0 Å². The van der Waals surface area contributed by atoms with Crippen molar-refractivity contribution < 1.29 is 0 Å². The summed E-state index contributed by atoms with van der Waals surface area (Å²) >= 11 is 0. The fraction of sp³-hybridized carbons (Fsp3) is 0.143. The number of aryl methyl sites for hydroxylation is 1. The predicted octanol–water partition coefficient (Wildman–Crippen LogP) is 3.38. The molecule has 1 aliphatic rings. The van der Waals surface area contributed by atoms with Gasteiger partial charge in [0.25, 0.3) is 0 Å². The average Bonchev–Trinajstić information content (AvgIpc) is 2.30. The first-order valence-electron chi connectivity index (χ1n) is 5.33. The normalized spacial score (nSPS) is 14.1. The Morgan fingerprint density at radius 1 is 1.13 bits per heavy atom. The number of hydrogen-bond donors (Lipinski definition) is 1. The van der Waals surface area contributed by atoms with Crippen molar-refractivity contribution >= 4 is 22.5 Å². The maximum atomic E-state index is 6.06. The molecule has 0 bridgehead atoms. The molecule has 0 amide bonds. The highest BCUT2D eigenvalue weighted by Crippen LogP contribution is 2.32. The molecule has 0 unspecified atom stereocenters. The zero-order valence-corrected chi connectivity index (χ0v) is 8.53.